The standard InChI is InChI=1S/C16H13BrN2O2/c1-10(17)15-18-14-5-3-2-4-13(14)16(21)19(15)11-6-8-12(20)9-7-11/h2-10,20H,1H3. The summed E-state index contributed by atoms with van der Waals surface area (Å²) in [6.07, 6.45) is 0. The van der Waals surface area contributed by atoms with E-state index in [1.165, 1.54) is 0 Å². The fourth-order valence-corrected chi connectivity index (χ4v) is 2.58. The van der Waals surface area contributed by atoms with Crippen LogP contribution >= 0.6 is 15.9 Å². The lowest BCUT2D eigenvalue weighted by Gasteiger charge is -2.15. The van der Waals surface area contributed by atoms with Crippen molar-refractivity contribution >= 4 is 26.8 Å². The first-order chi connectivity index (χ1) is 10.1. The van der Waals surface area contributed by atoms with E-state index < -0.39 is 0 Å². The Kier molecular flexibility index (Phi) is 3.51. The molecule has 21 heavy (non-hydrogen) atoms. The lowest BCUT2D eigenvalue weighted by molar-refractivity contribution is 0.475. The molecule has 0 saturated carbocycles. The van der Waals surface area contributed by atoms with Crippen LogP contribution in [0.2, 0.25) is 0 Å². The maximum absolute atomic E-state index is 12.8. The summed E-state index contributed by atoms with van der Waals surface area (Å²) in [6, 6.07) is 13.8. The van der Waals surface area contributed by atoms with Crippen LogP contribution in [0.1, 0.15) is 17.6 Å². The Hall–Kier alpha value is -2.14. The lowest BCUT2D eigenvalue weighted by atomic mass is 10.2. The molecule has 0 aliphatic heterocycles. The molecule has 1 unspecified atom stereocenters. The minimum atomic E-state index is -0.118. The van der Waals surface area contributed by atoms with Crippen molar-refractivity contribution < 1.29 is 5.11 Å². The van der Waals surface area contributed by atoms with E-state index in [1.54, 1.807) is 34.9 Å². The van der Waals surface area contributed by atoms with Crippen molar-refractivity contribution in [3.05, 3.63) is 64.7 Å². The number of fused-ring (bicyclic) bond motifs is 1. The third kappa shape index (κ3) is 2.45. The first-order valence-electron chi connectivity index (χ1n) is 6.53. The van der Waals surface area contributed by atoms with E-state index in [4.69, 9.17) is 0 Å². The first-order valence-corrected chi connectivity index (χ1v) is 7.44. The molecule has 4 nitrogen and oxygen atoms in total. The average molecular weight is 345 g/mol. The smallest absolute Gasteiger partial charge is 0.265 e. The second kappa shape index (κ2) is 5.33. The van der Waals surface area contributed by atoms with Crippen LogP contribution in [-0.4, -0.2) is 14.7 Å². The Labute approximate surface area is 129 Å². The van der Waals surface area contributed by atoms with Gasteiger partial charge in [-0.2, -0.15) is 0 Å². The van der Waals surface area contributed by atoms with Crippen molar-refractivity contribution in [3.63, 3.8) is 0 Å². The summed E-state index contributed by atoms with van der Waals surface area (Å²) in [5, 5.41) is 9.98. The predicted molar refractivity (Wildman–Crippen MR) is 86.3 cm³/mol. The number of halogens is 1. The van der Waals surface area contributed by atoms with Gasteiger partial charge in [-0.3, -0.25) is 9.36 Å². The zero-order valence-corrected chi connectivity index (χ0v) is 12.9. The summed E-state index contributed by atoms with van der Waals surface area (Å²) >= 11 is 3.49. The Morgan fingerprint density at radius 1 is 1.14 bits per heavy atom. The van der Waals surface area contributed by atoms with Gasteiger partial charge in [0.2, 0.25) is 0 Å². The average Bonchev–Trinajstić information content (AvgIpc) is 2.48. The second-order valence-corrected chi connectivity index (χ2v) is 6.13. The lowest BCUT2D eigenvalue weighted by Crippen LogP contribution is -2.24. The van der Waals surface area contributed by atoms with Gasteiger partial charge in [-0.1, -0.05) is 28.1 Å². The van der Waals surface area contributed by atoms with E-state index in [-0.39, 0.29) is 16.1 Å². The number of benzene rings is 2. The summed E-state index contributed by atoms with van der Waals surface area (Å²) in [5.74, 6) is 0.790. The van der Waals surface area contributed by atoms with Gasteiger partial charge in [-0.15, -0.1) is 0 Å². The van der Waals surface area contributed by atoms with E-state index in [1.807, 2.05) is 25.1 Å². The molecule has 0 aliphatic rings. The van der Waals surface area contributed by atoms with E-state index in [0.717, 1.165) is 0 Å². The van der Waals surface area contributed by atoms with Gasteiger partial charge >= 0.3 is 0 Å². The number of rotatable bonds is 2. The highest BCUT2D eigenvalue weighted by Crippen LogP contribution is 2.24. The van der Waals surface area contributed by atoms with Crippen molar-refractivity contribution in [2.24, 2.45) is 0 Å². The number of aromatic hydroxyl groups is 1. The van der Waals surface area contributed by atoms with E-state index in [9.17, 15) is 9.90 Å². The molecule has 0 aliphatic carbocycles. The van der Waals surface area contributed by atoms with E-state index >= 15 is 0 Å². The Morgan fingerprint density at radius 3 is 2.48 bits per heavy atom. The number of nitrogens with zero attached hydrogens (tertiary/aromatic N) is 2. The number of phenolic OH excluding ortho intramolecular Hbond substituents is 1. The molecule has 1 aromatic heterocycles. The van der Waals surface area contributed by atoms with Gasteiger partial charge in [0, 0.05) is 0 Å². The molecule has 0 saturated heterocycles. The van der Waals surface area contributed by atoms with Crippen molar-refractivity contribution in [3.8, 4) is 11.4 Å². The molecule has 0 spiro atoms. The highest BCUT2D eigenvalue weighted by atomic mass is 79.9. The summed E-state index contributed by atoms with van der Waals surface area (Å²) in [4.78, 5) is 17.3. The molecular weight excluding hydrogens is 332 g/mol. The monoisotopic (exact) mass is 344 g/mol. The number of hydrogen-bond donors (Lipinski definition) is 1. The Balaban J connectivity index is 2.39. The normalized spacial score (nSPS) is 12.5. The zero-order valence-electron chi connectivity index (χ0n) is 11.3. The van der Waals surface area contributed by atoms with Crippen LogP contribution in [0.5, 0.6) is 5.75 Å². The molecular formula is C16H13BrN2O2. The molecule has 1 atom stereocenters. The van der Waals surface area contributed by atoms with Gasteiger partial charge in [0.1, 0.15) is 11.6 Å². The number of hydrogen-bond acceptors (Lipinski definition) is 3. The minimum absolute atomic E-state index is 0.0800. The van der Waals surface area contributed by atoms with Gasteiger partial charge in [0.15, 0.2) is 0 Å². The van der Waals surface area contributed by atoms with Gasteiger partial charge in [-0.05, 0) is 43.3 Å². The Bertz CT molecular complexity index is 854. The SMILES string of the molecule is CC(Br)c1nc2ccccc2c(=O)n1-c1ccc(O)cc1. The number of aromatic nitrogens is 2. The predicted octanol–water partition coefficient (Wildman–Crippen LogP) is 3.55. The van der Waals surface area contributed by atoms with Crippen LogP contribution in [0.15, 0.2) is 53.3 Å². The molecule has 0 radical (unpaired) electrons. The molecule has 106 valence electrons. The first kappa shape index (κ1) is 13.8. The summed E-state index contributed by atoms with van der Waals surface area (Å²) in [7, 11) is 0. The number of para-hydroxylation sites is 1. The quantitative estimate of drug-likeness (QED) is 0.723. The third-order valence-corrected chi connectivity index (χ3v) is 3.67. The molecule has 0 bridgehead atoms. The van der Waals surface area contributed by atoms with Crippen LogP contribution in [-0.2, 0) is 0 Å². The fourth-order valence-electron chi connectivity index (χ4n) is 2.27. The topological polar surface area (TPSA) is 55.1 Å². The molecule has 0 amide bonds. The van der Waals surface area contributed by atoms with Gasteiger partial charge < -0.3 is 5.11 Å². The molecule has 2 aromatic carbocycles. The second-order valence-electron chi connectivity index (χ2n) is 4.76. The highest BCUT2D eigenvalue weighted by Gasteiger charge is 2.15. The number of alkyl halides is 1. The third-order valence-electron chi connectivity index (χ3n) is 3.27. The molecule has 1 N–H and O–H groups in total. The van der Waals surface area contributed by atoms with Gasteiger partial charge in [0.25, 0.3) is 5.56 Å². The maximum atomic E-state index is 12.8. The summed E-state index contributed by atoms with van der Waals surface area (Å²) in [6.45, 7) is 1.92. The molecule has 3 rings (SSSR count). The van der Waals surface area contributed by atoms with Crippen LogP contribution in [0.25, 0.3) is 16.6 Å². The van der Waals surface area contributed by atoms with Crippen molar-refractivity contribution in [2.45, 2.75) is 11.8 Å². The van der Waals surface area contributed by atoms with Crippen molar-refractivity contribution in [2.75, 3.05) is 0 Å². The fraction of sp³-hybridized carbons (Fsp3) is 0.125. The van der Waals surface area contributed by atoms with E-state index in [0.29, 0.717) is 22.4 Å². The molecule has 1 heterocycles. The summed E-state index contributed by atoms with van der Waals surface area (Å²) < 4.78 is 1.57. The maximum Gasteiger partial charge on any atom is 0.265 e. The van der Waals surface area contributed by atoms with Crippen LogP contribution in [0.3, 0.4) is 0 Å². The molecule has 0 fully saturated rings. The number of phenols is 1. The molecule has 5 heteroatoms. The van der Waals surface area contributed by atoms with Crippen molar-refractivity contribution in [1.82, 2.24) is 9.55 Å². The highest BCUT2D eigenvalue weighted by molar-refractivity contribution is 9.09. The van der Waals surface area contributed by atoms with Crippen LogP contribution in [0, 0.1) is 0 Å². The van der Waals surface area contributed by atoms with Crippen molar-refractivity contribution in [1.29, 1.82) is 0 Å². The largest absolute Gasteiger partial charge is 0.508 e. The van der Waals surface area contributed by atoms with Crippen LogP contribution in [0.4, 0.5) is 0 Å². The minimum Gasteiger partial charge on any atom is -0.508 e. The van der Waals surface area contributed by atoms with E-state index in [2.05, 4.69) is 20.9 Å². The summed E-state index contributed by atoms with van der Waals surface area (Å²) in [5.41, 5.74) is 1.24. The van der Waals surface area contributed by atoms with Gasteiger partial charge in [-0.25, -0.2) is 4.98 Å². The van der Waals surface area contributed by atoms with Crippen LogP contribution < -0.4 is 5.56 Å². The Morgan fingerprint density at radius 2 is 1.81 bits per heavy atom. The van der Waals surface area contributed by atoms with Gasteiger partial charge in [0.05, 0.1) is 21.4 Å². The zero-order chi connectivity index (χ0) is 15.0. The molecule has 3 aromatic rings.